The van der Waals surface area contributed by atoms with Gasteiger partial charge in [0.1, 0.15) is 0 Å². The van der Waals surface area contributed by atoms with Crippen LogP contribution in [0.4, 0.5) is 10.5 Å². The first-order valence-electron chi connectivity index (χ1n) is 9.73. The third-order valence-corrected chi connectivity index (χ3v) is 6.26. The van der Waals surface area contributed by atoms with Crippen molar-refractivity contribution in [2.75, 3.05) is 38.1 Å². The van der Waals surface area contributed by atoms with Crippen molar-refractivity contribution in [2.24, 2.45) is 0 Å². The lowest BCUT2D eigenvalue weighted by molar-refractivity contribution is -0.115. The van der Waals surface area contributed by atoms with Gasteiger partial charge in [0.05, 0.1) is 23.1 Å². The summed E-state index contributed by atoms with van der Waals surface area (Å²) in [5.74, 6) is -0.390. The van der Waals surface area contributed by atoms with Gasteiger partial charge >= 0.3 is 0 Å². The monoisotopic (exact) mass is 420 g/mol. The Morgan fingerprint density at radius 2 is 1.90 bits per heavy atom. The van der Waals surface area contributed by atoms with Crippen LogP contribution < -0.4 is 10.2 Å². The highest BCUT2D eigenvalue weighted by atomic mass is 32.2. The number of nitrogens with one attached hydrogen (secondary N) is 1. The van der Waals surface area contributed by atoms with Crippen LogP contribution in [0.25, 0.3) is 28.2 Å². The van der Waals surface area contributed by atoms with Crippen molar-refractivity contribution < 1.29 is 14.0 Å². The highest BCUT2D eigenvalue weighted by Crippen LogP contribution is 2.33. The highest BCUT2D eigenvalue weighted by Gasteiger charge is 2.25. The average Bonchev–Trinajstić information content (AvgIpc) is 3.31. The number of hydrogen-bond donors (Lipinski definition) is 1. The molecule has 2 fully saturated rings. The molecular formula is C22H20N4O3S. The predicted octanol–water partition coefficient (Wildman–Crippen LogP) is 3.57. The molecule has 2 aliphatic rings. The second kappa shape index (κ2) is 7.62. The van der Waals surface area contributed by atoms with Crippen LogP contribution in [0.5, 0.6) is 0 Å². The smallest absolute Gasteiger partial charge is 0.290 e. The number of piperazine rings is 1. The standard InChI is InChI=1S/C22H20N4O3S/c1-25-6-8-26(9-7-25)16-4-2-14(3-5-16)18-13-29-19-12-23-15(10-17(18)19)11-20-21(27)24-22(28)30-20/h2-5,10-13H,6-9H2,1H3,(H,24,27,28). The van der Waals surface area contributed by atoms with Crippen LogP contribution in [0.15, 0.2) is 52.1 Å². The van der Waals surface area contributed by atoms with E-state index in [1.807, 2.05) is 6.07 Å². The van der Waals surface area contributed by atoms with E-state index >= 15 is 0 Å². The molecule has 0 saturated carbocycles. The van der Waals surface area contributed by atoms with E-state index in [2.05, 4.69) is 51.4 Å². The number of benzene rings is 1. The number of furan rings is 1. The Labute approximate surface area is 177 Å². The maximum atomic E-state index is 11.8. The third kappa shape index (κ3) is 3.59. The molecule has 2 aromatic heterocycles. The fourth-order valence-electron chi connectivity index (χ4n) is 3.72. The summed E-state index contributed by atoms with van der Waals surface area (Å²) in [7, 11) is 2.15. The van der Waals surface area contributed by atoms with E-state index < -0.39 is 0 Å². The van der Waals surface area contributed by atoms with Crippen LogP contribution in [0, 0.1) is 0 Å². The molecular weight excluding hydrogens is 400 g/mol. The van der Waals surface area contributed by atoms with Gasteiger partial charge in [0.25, 0.3) is 11.1 Å². The van der Waals surface area contributed by atoms with E-state index in [9.17, 15) is 9.59 Å². The van der Waals surface area contributed by atoms with E-state index in [1.165, 1.54) is 5.69 Å². The van der Waals surface area contributed by atoms with Gasteiger partial charge < -0.3 is 14.2 Å². The van der Waals surface area contributed by atoms with Gasteiger partial charge in [-0.05, 0) is 48.6 Å². The lowest BCUT2D eigenvalue weighted by Crippen LogP contribution is -2.44. The van der Waals surface area contributed by atoms with Crippen molar-refractivity contribution >= 4 is 45.6 Å². The molecule has 5 rings (SSSR count). The number of hydrogen-bond acceptors (Lipinski definition) is 7. The number of carbonyl (C=O) groups is 2. The summed E-state index contributed by atoms with van der Waals surface area (Å²) in [5.41, 5.74) is 4.53. The molecule has 0 unspecified atom stereocenters. The first kappa shape index (κ1) is 18.9. The van der Waals surface area contributed by atoms with E-state index in [4.69, 9.17) is 4.42 Å². The molecule has 7 nitrogen and oxygen atoms in total. The lowest BCUT2D eigenvalue weighted by Gasteiger charge is -2.34. The predicted molar refractivity (Wildman–Crippen MR) is 118 cm³/mol. The summed E-state index contributed by atoms with van der Waals surface area (Å²) >= 11 is 0.882. The van der Waals surface area contributed by atoms with Gasteiger partial charge in [0.15, 0.2) is 5.58 Å². The fourth-order valence-corrected chi connectivity index (χ4v) is 4.39. The van der Waals surface area contributed by atoms with Crippen molar-refractivity contribution in [2.45, 2.75) is 0 Å². The zero-order valence-electron chi connectivity index (χ0n) is 16.4. The summed E-state index contributed by atoms with van der Waals surface area (Å²) in [5, 5.41) is 2.81. The van der Waals surface area contributed by atoms with Crippen LogP contribution in [0.1, 0.15) is 5.69 Å². The first-order valence-corrected chi connectivity index (χ1v) is 10.5. The van der Waals surface area contributed by atoms with Crippen LogP contribution in [-0.2, 0) is 4.79 Å². The minimum Gasteiger partial charge on any atom is -0.462 e. The summed E-state index contributed by atoms with van der Waals surface area (Å²) in [4.78, 5) is 32.6. The van der Waals surface area contributed by atoms with Gasteiger partial charge in [-0.25, -0.2) is 0 Å². The maximum absolute atomic E-state index is 11.8. The van der Waals surface area contributed by atoms with Gasteiger partial charge in [0.2, 0.25) is 0 Å². The number of anilines is 1. The van der Waals surface area contributed by atoms with Gasteiger partial charge in [-0.3, -0.25) is 19.9 Å². The topological polar surface area (TPSA) is 78.7 Å². The summed E-state index contributed by atoms with van der Waals surface area (Å²) in [6, 6.07) is 10.4. The molecule has 30 heavy (non-hydrogen) atoms. The molecule has 152 valence electrons. The third-order valence-electron chi connectivity index (χ3n) is 5.45. The van der Waals surface area contributed by atoms with Crippen molar-refractivity contribution in [3.63, 3.8) is 0 Å². The second-order valence-electron chi connectivity index (χ2n) is 7.44. The van der Waals surface area contributed by atoms with E-state index in [1.54, 1.807) is 18.5 Å². The number of amides is 2. The van der Waals surface area contributed by atoms with Gasteiger partial charge in [0, 0.05) is 42.8 Å². The van der Waals surface area contributed by atoms with Crippen LogP contribution in [0.3, 0.4) is 0 Å². The lowest BCUT2D eigenvalue weighted by atomic mass is 10.0. The maximum Gasteiger partial charge on any atom is 0.290 e. The summed E-state index contributed by atoms with van der Waals surface area (Å²) in [6.45, 7) is 4.20. The number of rotatable bonds is 3. The zero-order chi connectivity index (χ0) is 20.7. The van der Waals surface area contributed by atoms with Gasteiger partial charge in [-0.2, -0.15) is 0 Å². The zero-order valence-corrected chi connectivity index (χ0v) is 17.2. The van der Waals surface area contributed by atoms with Gasteiger partial charge in [-0.15, -0.1) is 0 Å². The Morgan fingerprint density at radius 1 is 1.13 bits per heavy atom. The Kier molecular flexibility index (Phi) is 4.80. The Balaban J connectivity index is 1.44. The summed E-state index contributed by atoms with van der Waals surface area (Å²) in [6.07, 6.45) is 5.00. The van der Waals surface area contributed by atoms with Crippen molar-refractivity contribution in [1.82, 2.24) is 15.2 Å². The number of imide groups is 1. The van der Waals surface area contributed by atoms with E-state index in [-0.39, 0.29) is 11.1 Å². The molecule has 0 bridgehead atoms. The minimum absolute atomic E-state index is 0.341. The normalized spacial score (nSPS) is 19.1. The molecule has 8 heteroatoms. The number of nitrogens with zero attached hydrogens (tertiary/aromatic N) is 3. The van der Waals surface area contributed by atoms with Gasteiger partial charge in [-0.1, -0.05) is 12.1 Å². The molecule has 0 aliphatic carbocycles. The van der Waals surface area contributed by atoms with Crippen molar-refractivity contribution in [3.8, 4) is 11.1 Å². The first-order chi connectivity index (χ1) is 14.6. The van der Waals surface area contributed by atoms with E-state index in [0.717, 1.165) is 54.5 Å². The molecule has 2 saturated heterocycles. The average molecular weight is 420 g/mol. The number of likely N-dealkylation sites (N-methyl/N-ethyl adjacent to an activating group) is 1. The van der Waals surface area contributed by atoms with E-state index in [0.29, 0.717) is 16.2 Å². The quantitative estimate of drug-likeness (QED) is 0.649. The highest BCUT2D eigenvalue weighted by molar-refractivity contribution is 8.18. The molecule has 1 N–H and O–H groups in total. The molecule has 2 aliphatic heterocycles. The second-order valence-corrected chi connectivity index (χ2v) is 8.46. The Hall–Kier alpha value is -3.10. The Bertz CT molecular complexity index is 1160. The van der Waals surface area contributed by atoms with Crippen LogP contribution in [-0.4, -0.2) is 54.3 Å². The SMILES string of the molecule is CN1CCN(c2ccc(-c3coc4cnc(C=C5SC(=O)NC5=O)cc34)cc2)CC1. The molecule has 2 amide bonds. The Morgan fingerprint density at radius 3 is 2.60 bits per heavy atom. The molecule has 4 heterocycles. The number of carbonyl (C=O) groups excluding carboxylic acids is 2. The molecule has 0 atom stereocenters. The van der Waals surface area contributed by atoms with Crippen LogP contribution in [0.2, 0.25) is 0 Å². The number of pyridine rings is 1. The van der Waals surface area contributed by atoms with Crippen LogP contribution >= 0.6 is 11.8 Å². The molecule has 0 spiro atoms. The number of thioether (sulfide) groups is 1. The van der Waals surface area contributed by atoms with Crippen molar-refractivity contribution in [1.29, 1.82) is 0 Å². The molecule has 0 radical (unpaired) electrons. The molecule has 1 aromatic carbocycles. The summed E-state index contributed by atoms with van der Waals surface area (Å²) < 4.78 is 5.69. The number of aromatic nitrogens is 1. The number of fused-ring (bicyclic) bond motifs is 1. The van der Waals surface area contributed by atoms with Crippen molar-refractivity contribution in [3.05, 3.63) is 53.4 Å². The largest absolute Gasteiger partial charge is 0.462 e. The minimum atomic E-state index is -0.390. The molecule has 3 aromatic rings. The fraction of sp³-hybridized carbons (Fsp3) is 0.227.